The Morgan fingerprint density at radius 1 is 1.33 bits per heavy atom. The zero-order chi connectivity index (χ0) is 12.1. The van der Waals surface area contributed by atoms with Crippen molar-refractivity contribution in [1.29, 1.82) is 0 Å². The predicted octanol–water partition coefficient (Wildman–Crippen LogP) is 3.22. The largest absolute Gasteiger partial charge is 0.352 e. The number of piperidine rings is 1. The van der Waals surface area contributed by atoms with Crippen molar-refractivity contribution in [2.24, 2.45) is 5.92 Å². The summed E-state index contributed by atoms with van der Waals surface area (Å²) in [6.45, 7) is 1.20. The molecule has 2 bridgehead atoms. The molecule has 2 atom stereocenters. The molecule has 0 amide bonds. The van der Waals surface area contributed by atoms with E-state index in [0.717, 1.165) is 22.9 Å². The molecule has 0 spiro atoms. The van der Waals surface area contributed by atoms with Crippen molar-refractivity contribution in [2.45, 2.75) is 30.6 Å². The van der Waals surface area contributed by atoms with Gasteiger partial charge in [-0.25, -0.2) is 4.98 Å². The van der Waals surface area contributed by atoms with Crippen molar-refractivity contribution in [3.63, 3.8) is 0 Å². The average Bonchev–Trinajstić information content (AvgIpc) is 3.10. The molecule has 94 valence electrons. The van der Waals surface area contributed by atoms with Crippen molar-refractivity contribution in [2.75, 3.05) is 11.4 Å². The molecule has 0 aromatic carbocycles. The van der Waals surface area contributed by atoms with Gasteiger partial charge >= 0.3 is 0 Å². The van der Waals surface area contributed by atoms with Crippen LogP contribution in [0.4, 0.5) is 5.82 Å². The molecular formula is C14H16BrN3. The lowest BCUT2D eigenvalue weighted by molar-refractivity contribution is 0.550. The molecular weight excluding hydrogens is 290 g/mol. The Hall–Kier alpha value is -1.03. The van der Waals surface area contributed by atoms with Gasteiger partial charge in [-0.2, -0.15) is 0 Å². The summed E-state index contributed by atoms with van der Waals surface area (Å²) in [5, 5.41) is 0.862. The van der Waals surface area contributed by atoms with Crippen LogP contribution in [0.1, 0.15) is 25.0 Å². The molecule has 2 aromatic rings. The third-order valence-corrected chi connectivity index (χ3v) is 4.95. The van der Waals surface area contributed by atoms with Crippen LogP contribution >= 0.6 is 15.9 Å². The Balaban J connectivity index is 1.84. The van der Waals surface area contributed by atoms with E-state index in [1.165, 1.54) is 37.3 Å². The molecule has 2 fully saturated rings. The van der Waals surface area contributed by atoms with Gasteiger partial charge in [0.25, 0.3) is 0 Å². The molecule has 0 radical (unpaired) electrons. The van der Waals surface area contributed by atoms with E-state index < -0.39 is 0 Å². The van der Waals surface area contributed by atoms with Crippen molar-refractivity contribution in [3.05, 3.63) is 30.1 Å². The number of anilines is 1. The highest BCUT2D eigenvalue weighted by molar-refractivity contribution is 9.08. The van der Waals surface area contributed by atoms with E-state index in [4.69, 9.17) is 4.98 Å². The summed E-state index contributed by atoms with van der Waals surface area (Å²) in [5.74, 6) is 2.10. The maximum atomic E-state index is 4.84. The fraction of sp³-hybridized carbons (Fsp3) is 0.500. The molecule has 4 rings (SSSR count). The number of nitrogens with zero attached hydrogens (tertiary/aromatic N) is 3. The molecule has 1 saturated heterocycles. The molecule has 1 aliphatic carbocycles. The van der Waals surface area contributed by atoms with Gasteiger partial charge in [-0.05, 0) is 37.3 Å². The van der Waals surface area contributed by atoms with Crippen LogP contribution in [-0.4, -0.2) is 22.0 Å². The van der Waals surface area contributed by atoms with Gasteiger partial charge < -0.3 is 9.30 Å². The number of fused-ring (bicyclic) bond motifs is 3. The first-order valence-electron chi connectivity index (χ1n) is 6.65. The molecule has 2 unspecified atom stereocenters. The van der Waals surface area contributed by atoms with Crippen molar-refractivity contribution >= 4 is 27.4 Å². The zero-order valence-corrected chi connectivity index (χ0v) is 11.8. The maximum Gasteiger partial charge on any atom is 0.152 e. The van der Waals surface area contributed by atoms with Gasteiger partial charge in [0.2, 0.25) is 0 Å². The minimum atomic E-state index is 0.734. The summed E-state index contributed by atoms with van der Waals surface area (Å²) in [7, 11) is 0. The lowest BCUT2D eigenvalue weighted by atomic mass is 10.1. The van der Waals surface area contributed by atoms with E-state index in [0.29, 0.717) is 0 Å². The summed E-state index contributed by atoms with van der Waals surface area (Å²) in [6, 6.07) is 6.95. The van der Waals surface area contributed by atoms with E-state index in [2.05, 4.69) is 49.6 Å². The van der Waals surface area contributed by atoms with Crippen molar-refractivity contribution in [1.82, 2.24) is 9.38 Å². The Morgan fingerprint density at radius 3 is 3.00 bits per heavy atom. The van der Waals surface area contributed by atoms with Gasteiger partial charge in [-0.3, -0.25) is 0 Å². The smallest absolute Gasteiger partial charge is 0.152 e. The van der Waals surface area contributed by atoms with Crippen LogP contribution in [0.3, 0.4) is 0 Å². The molecule has 3 heterocycles. The lowest BCUT2D eigenvalue weighted by Gasteiger charge is -2.27. The Labute approximate surface area is 115 Å². The fourth-order valence-electron chi connectivity index (χ4n) is 3.57. The lowest BCUT2D eigenvalue weighted by Crippen LogP contribution is -2.32. The number of hydrogen-bond donors (Lipinski definition) is 0. The molecule has 18 heavy (non-hydrogen) atoms. The second-order valence-electron chi connectivity index (χ2n) is 5.43. The Morgan fingerprint density at radius 2 is 2.28 bits per heavy atom. The number of pyridine rings is 1. The molecule has 1 aliphatic heterocycles. The van der Waals surface area contributed by atoms with Gasteiger partial charge in [-0.15, -0.1) is 0 Å². The minimum Gasteiger partial charge on any atom is -0.352 e. The number of rotatable bonds is 2. The molecule has 3 nitrogen and oxygen atoms in total. The van der Waals surface area contributed by atoms with Crippen LogP contribution in [0.5, 0.6) is 0 Å². The number of imidazole rings is 1. The van der Waals surface area contributed by atoms with E-state index in [1.54, 1.807) is 0 Å². The van der Waals surface area contributed by atoms with Crippen LogP contribution in [0.15, 0.2) is 24.4 Å². The summed E-state index contributed by atoms with van der Waals surface area (Å²) < 4.78 is 2.20. The fourth-order valence-corrected chi connectivity index (χ4v) is 4.09. The normalized spacial score (nSPS) is 26.4. The summed E-state index contributed by atoms with van der Waals surface area (Å²) in [5.41, 5.74) is 2.35. The van der Waals surface area contributed by atoms with Crippen molar-refractivity contribution in [3.8, 4) is 0 Å². The number of halogens is 1. The van der Waals surface area contributed by atoms with Gasteiger partial charge in [0, 0.05) is 24.1 Å². The first kappa shape index (κ1) is 10.9. The minimum absolute atomic E-state index is 0.734. The summed E-state index contributed by atoms with van der Waals surface area (Å²) in [6.07, 6.45) is 6.24. The van der Waals surface area contributed by atoms with Crippen LogP contribution in [-0.2, 0) is 5.33 Å². The molecule has 2 aliphatic rings. The van der Waals surface area contributed by atoms with E-state index in [1.807, 2.05) is 0 Å². The second kappa shape index (κ2) is 3.98. The standard InChI is InChI=1S/C14H16BrN3/c15-8-12-14(16-13-3-1-2-6-17(12)13)18-9-10-4-5-11(18)7-10/h1-3,6,10-11H,4-5,7-9H2. The highest BCUT2D eigenvalue weighted by Gasteiger charge is 2.39. The van der Waals surface area contributed by atoms with Crippen molar-refractivity contribution < 1.29 is 0 Å². The van der Waals surface area contributed by atoms with Crippen LogP contribution in [0, 0.1) is 5.92 Å². The maximum absolute atomic E-state index is 4.84. The number of hydrogen-bond acceptors (Lipinski definition) is 2. The number of aromatic nitrogens is 2. The topological polar surface area (TPSA) is 20.5 Å². The van der Waals surface area contributed by atoms with Crippen LogP contribution in [0.25, 0.3) is 5.65 Å². The SMILES string of the molecule is BrCc1c(N2CC3CCC2C3)nc2ccccn12. The predicted molar refractivity (Wildman–Crippen MR) is 76.3 cm³/mol. The third-order valence-electron chi connectivity index (χ3n) is 4.42. The highest BCUT2D eigenvalue weighted by Crippen LogP contribution is 2.41. The molecule has 4 heteroatoms. The Bertz CT molecular complexity index is 592. The number of alkyl halides is 1. The highest BCUT2D eigenvalue weighted by atomic mass is 79.9. The molecule has 1 saturated carbocycles. The van der Waals surface area contributed by atoms with Gasteiger partial charge in [0.15, 0.2) is 5.82 Å². The van der Waals surface area contributed by atoms with Gasteiger partial charge in [-0.1, -0.05) is 22.0 Å². The summed E-state index contributed by atoms with van der Waals surface area (Å²) >= 11 is 3.62. The monoisotopic (exact) mass is 305 g/mol. The first-order valence-corrected chi connectivity index (χ1v) is 7.77. The zero-order valence-electron chi connectivity index (χ0n) is 10.2. The van der Waals surface area contributed by atoms with Crippen LogP contribution < -0.4 is 4.90 Å². The van der Waals surface area contributed by atoms with E-state index >= 15 is 0 Å². The van der Waals surface area contributed by atoms with Gasteiger partial charge in [0.1, 0.15) is 5.65 Å². The first-order chi connectivity index (χ1) is 8.86. The van der Waals surface area contributed by atoms with Crippen LogP contribution in [0.2, 0.25) is 0 Å². The average molecular weight is 306 g/mol. The third kappa shape index (κ3) is 1.44. The van der Waals surface area contributed by atoms with E-state index in [-0.39, 0.29) is 0 Å². The van der Waals surface area contributed by atoms with Gasteiger partial charge in [0.05, 0.1) is 5.69 Å². The molecule has 0 N–H and O–H groups in total. The van der Waals surface area contributed by atoms with E-state index in [9.17, 15) is 0 Å². The quantitative estimate of drug-likeness (QED) is 0.794. The Kier molecular flexibility index (Phi) is 2.40. The molecule has 2 aromatic heterocycles. The second-order valence-corrected chi connectivity index (χ2v) is 5.99. The summed E-state index contributed by atoms with van der Waals surface area (Å²) in [4.78, 5) is 7.38.